The van der Waals surface area contributed by atoms with Gasteiger partial charge in [-0.15, -0.1) is 0 Å². The Kier molecular flexibility index (Phi) is 6.07. The van der Waals surface area contributed by atoms with Crippen LogP contribution in [0.15, 0.2) is 6.33 Å². The van der Waals surface area contributed by atoms with Crippen LogP contribution in [0.25, 0.3) is 11.2 Å². The van der Waals surface area contributed by atoms with E-state index in [9.17, 15) is 0 Å². The highest BCUT2D eigenvalue weighted by molar-refractivity contribution is 5.72. The van der Waals surface area contributed by atoms with Crippen molar-refractivity contribution in [3.8, 4) is 0 Å². The second-order valence-corrected chi connectivity index (χ2v) is 6.32. The molecule has 0 spiro atoms. The molecule has 8 heteroatoms. The summed E-state index contributed by atoms with van der Waals surface area (Å²) in [6.07, 6.45) is 3.47. The van der Waals surface area contributed by atoms with Crippen LogP contribution in [0.4, 0.5) is 11.5 Å². The summed E-state index contributed by atoms with van der Waals surface area (Å²) in [6, 6.07) is 0. The minimum absolute atomic E-state index is 0.669. The molecule has 3 heterocycles. The van der Waals surface area contributed by atoms with Crippen LogP contribution in [0, 0.1) is 13.8 Å². The standard InChI is InChI=1S/C9H12N4.C9H16N4/c1-4-7-11-6(2)8-9(12-7)13(3)5-10-8;1-5-7-11-6(2)8(10)9(12-7)13(3)4/h5H,4H2,1-3H3;5,10H2,1-4H3. The number of imidazole rings is 1. The summed E-state index contributed by atoms with van der Waals surface area (Å²) >= 11 is 0. The predicted molar refractivity (Wildman–Crippen MR) is 105 cm³/mol. The molecule has 0 bridgehead atoms. The molecule has 3 aromatic heterocycles. The summed E-state index contributed by atoms with van der Waals surface area (Å²) < 4.78 is 1.92. The van der Waals surface area contributed by atoms with E-state index in [0.717, 1.165) is 52.9 Å². The molecular weight excluding hydrogens is 328 g/mol. The van der Waals surface area contributed by atoms with E-state index >= 15 is 0 Å². The molecule has 3 rings (SSSR count). The fraction of sp³-hybridized carbons (Fsp3) is 0.500. The van der Waals surface area contributed by atoms with Crippen molar-refractivity contribution in [2.75, 3.05) is 24.7 Å². The molecule has 0 saturated heterocycles. The van der Waals surface area contributed by atoms with Crippen molar-refractivity contribution in [2.45, 2.75) is 40.5 Å². The molecule has 0 unspecified atom stereocenters. The van der Waals surface area contributed by atoms with Gasteiger partial charge in [-0.25, -0.2) is 24.9 Å². The molecule has 0 radical (unpaired) electrons. The van der Waals surface area contributed by atoms with E-state index in [1.165, 1.54) is 0 Å². The van der Waals surface area contributed by atoms with Crippen LogP contribution in [0.1, 0.15) is 36.9 Å². The third-order valence-corrected chi connectivity index (χ3v) is 4.00. The zero-order valence-corrected chi connectivity index (χ0v) is 16.7. The highest BCUT2D eigenvalue weighted by Gasteiger charge is 2.09. The molecule has 0 aliphatic rings. The Labute approximate surface area is 154 Å². The first-order valence-electron chi connectivity index (χ1n) is 8.73. The SMILES string of the molecule is CCc1nc(C)c(N)c(N(C)C)n1.CCc1nc(C)c2ncn(C)c2n1. The van der Waals surface area contributed by atoms with Crippen molar-refractivity contribution >= 4 is 22.7 Å². The number of nitrogens with two attached hydrogens (primary N) is 1. The van der Waals surface area contributed by atoms with Crippen molar-refractivity contribution in [3.05, 3.63) is 29.4 Å². The number of aryl methyl sites for hydroxylation is 5. The van der Waals surface area contributed by atoms with Gasteiger partial charge in [0.25, 0.3) is 0 Å². The third-order valence-electron chi connectivity index (χ3n) is 4.00. The molecule has 26 heavy (non-hydrogen) atoms. The Hall–Kier alpha value is -2.77. The fourth-order valence-electron chi connectivity index (χ4n) is 2.48. The topological polar surface area (TPSA) is 98.6 Å². The number of aromatic nitrogens is 6. The number of hydrogen-bond acceptors (Lipinski definition) is 7. The Morgan fingerprint density at radius 1 is 0.962 bits per heavy atom. The van der Waals surface area contributed by atoms with Gasteiger partial charge in [0, 0.05) is 34.0 Å². The lowest BCUT2D eigenvalue weighted by Gasteiger charge is -2.15. The maximum atomic E-state index is 5.84. The summed E-state index contributed by atoms with van der Waals surface area (Å²) in [4.78, 5) is 23.5. The Bertz CT molecular complexity index is 898. The Morgan fingerprint density at radius 3 is 2.12 bits per heavy atom. The van der Waals surface area contributed by atoms with Gasteiger partial charge in [0.1, 0.15) is 17.2 Å². The first-order valence-corrected chi connectivity index (χ1v) is 8.73. The van der Waals surface area contributed by atoms with Gasteiger partial charge in [-0.3, -0.25) is 0 Å². The van der Waals surface area contributed by atoms with Gasteiger partial charge < -0.3 is 15.2 Å². The monoisotopic (exact) mass is 356 g/mol. The zero-order chi connectivity index (χ0) is 19.4. The molecule has 8 nitrogen and oxygen atoms in total. The van der Waals surface area contributed by atoms with Crippen molar-refractivity contribution in [2.24, 2.45) is 7.05 Å². The minimum Gasteiger partial charge on any atom is -0.394 e. The summed E-state index contributed by atoms with van der Waals surface area (Å²) in [5.74, 6) is 2.54. The first kappa shape index (κ1) is 19.6. The molecule has 0 atom stereocenters. The summed E-state index contributed by atoms with van der Waals surface area (Å²) in [5.41, 5.74) is 10.1. The average molecular weight is 356 g/mol. The molecule has 0 fully saturated rings. The number of fused-ring (bicyclic) bond motifs is 1. The molecule has 0 aromatic carbocycles. The Balaban J connectivity index is 0.000000187. The molecular formula is C18H28N8. The lowest BCUT2D eigenvalue weighted by Crippen LogP contribution is -2.16. The van der Waals surface area contributed by atoms with Gasteiger partial charge in [0.2, 0.25) is 0 Å². The number of anilines is 2. The minimum atomic E-state index is 0.669. The van der Waals surface area contributed by atoms with Crippen LogP contribution in [-0.4, -0.2) is 43.6 Å². The van der Waals surface area contributed by atoms with Crippen LogP contribution >= 0.6 is 0 Å². The van der Waals surface area contributed by atoms with Crippen LogP contribution in [0.3, 0.4) is 0 Å². The van der Waals surface area contributed by atoms with E-state index in [2.05, 4.69) is 31.8 Å². The lowest BCUT2D eigenvalue weighted by atomic mass is 10.3. The molecule has 0 aliphatic heterocycles. The van der Waals surface area contributed by atoms with Crippen LogP contribution in [0.2, 0.25) is 0 Å². The van der Waals surface area contributed by atoms with E-state index in [0.29, 0.717) is 5.69 Å². The van der Waals surface area contributed by atoms with Gasteiger partial charge in [0.15, 0.2) is 11.5 Å². The number of nitrogen functional groups attached to an aromatic ring is 1. The quantitative estimate of drug-likeness (QED) is 0.768. The predicted octanol–water partition coefficient (Wildman–Crippen LogP) is 2.23. The molecule has 0 aliphatic carbocycles. The summed E-state index contributed by atoms with van der Waals surface area (Å²) in [6.45, 7) is 7.96. The van der Waals surface area contributed by atoms with Gasteiger partial charge in [-0.2, -0.15) is 0 Å². The highest BCUT2D eigenvalue weighted by Crippen LogP contribution is 2.20. The maximum absolute atomic E-state index is 5.84. The Morgan fingerprint density at radius 2 is 1.54 bits per heavy atom. The highest BCUT2D eigenvalue weighted by atomic mass is 15.2. The van der Waals surface area contributed by atoms with Gasteiger partial charge in [0.05, 0.1) is 23.4 Å². The van der Waals surface area contributed by atoms with Gasteiger partial charge >= 0.3 is 0 Å². The summed E-state index contributed by atoms with van der Waals surface area (Å²) in [5, 5.41) is 0. The lowest BCUT2D eigenvalue weighted by molar-refractivity contribution is 0.891. The first-order chi connectivity index (χ1) is 12.3. The average Bonchev–Trinajstić information content (AvgIpc) is 2.99. The van der Waals surface area contributed by atoms with Crippen LogP contribution in [0.5, 0.6) is 0 Å². The van der Waals surface area contributed by atoms with Crippen molar-refractivity contribution < 1.29 is 0 Å². The second-order valence-electron chi connectivity index (χ2n) is 6.32. The van der Waals surface area contributed by atoms with Crippen molar-refractivity contribution in [3.63, 3.8) is 0 Å². The van der Waals surface area contributed by atoms with Gasteiger partial charge in [-0.05, 0) is 13.8 Å². The number of nitrogens with zero attached hydrogens (tertiary/aromatic N) is 7. The van der Waals surface area contributed by atoms with E-state index < -0.39 is 0 Å². The van der Waals surface area contributed by atoms with E-state index in [1.54, 1.807) is 6.33 Å². The smallest absolute Gasteiger partial charge is 0.163 e. The third kappa shape index (κ3) is 4.07. The van der Waals surface area contributed by atoms with E-state index in [1.807, 2.05) is 51.4 Å². The molecule has 140 valence electrons. The van der Waals surface area contributed by atoms with Crippen molar-refractivity contribution in [1.82, 2.24) is 29.5 Å². The normalized spacial score (nSPS) is 10.6. The fourth-order valence-corrected chi connectivity index (χ4v) is 2.48. The molecule has 0 amide bonds. The number of hydrogen-bond donors (Lipinski definition) is 1. The van der Waals surface area contributed by atoms with E-state index in [-0.39, 0.29) is 0 Å². The molecule has 0 saturated carbocycles. The van der Waals surface area contributed by atoms with Crippen LogP contribution in [-0.2, 0) is 19.9 Å². The van der Waals surface area contributed by atoms with Crippen LogP contribution < -0.4 is 10.6 Å². The summed E-state index contributed by atoms with van der Waals surface area (Å²) in [7, 11) is 5.80. The number of rotatable bonds is 3. The van der Waals surface area contributed by atoms with E-state index in [4.69, 9.17) is 5.73 Å². The van der Waals surface area contributed by atoms with Crippen molar-refractivity contribution in [1.29, 1.82) is 0 Å². The second kappa shape index (κ2) is 8.07. The van der Waals surface area contributed by atoms with Gasteiger partial charge in [-0.1, -0.05) is 13.8 Å². The largest absolute Gasteiger partial charge is 0.394 e. The molecule has 3 aromatic rings. The molecule has 2 N–H and O–H groups in total. The maximum Gasteiger partial charge on any atom is 0.163 e. The zero-order valence-electron chi connectivity index (χ0n) is 16.7.